The number of allylic oxidation sites excluding steroid dienone is 1. The van der Waals surface area contributed by atoms with Gasteiger partial charge in [-0.05, 0) is 61.8 Å². The van der Waals surface area contributed by atoms with E-state index in [0.29, 0.717) is 24.2 Å². The van der Waals surface area contributed by atoms with Crippen LogP contribution in [-0.2, 0) is 6.42 Å². The molecule has 1 unspecified atom stereocenters. The van der Waals surface area contributed by atoms with Crippen LogP contribution in [0.1, 0.15) is 68.3 Å². The van der Waals surface area contributed by atoms with E-state index in [1.54, 1.807) is 4.90 Å². The standard InChI is InChI=1S/C28H34N4O2/c1-7-21-9-12-22(13-10-21)26-30-27(34-31-26)24-20(6)32(15-14-17(2)3)28(33)29-25(24)23-11-8-18(4)19(5)16-23/h8-13,16-17,25H,7,14-15H2,1-6H3,(H,29,33). The van der Waals surface area contributed by atoms with Crippen molar-refractivity contribution in [2.75, 3.05) is 6.54 Å². The molecule has 178 valence electrons. The number of rotatable bonds is 7. The van der Waals surface area contributed by atoms with Gasteiger partial charge in [-0.25, -0.2) is 4.79 Å². The van der Waals surface area contributed by atoms with Crippen molar-refractivity contribution in [2.24, 2.45) is 5.92 Å². The maximum absolute atomic E-state index is 13.1. The van der Waals surface area contributed by atoms with Crippen molar-refractivity contribution in [2.45, 2.75) is 60.4 Å². The second-order valence-electron chi connectivity index (χ2n) is 9.53. The normalized spacial score (nSPS) is 16.4. The molecule has 1 aliphatic heterocycles. The first kappa shape index (κ1) is 23.7. The Hall–Kier alpha value is -3.41. The second kappa shape index (κ2) is 9.84. The Morgan fingerprint density at radius 1 is 1.06 bits per heavy atom. The van der Waals surface area contributed by atoms with Crippen LogP contribution >= 0.6 is 0 Å². The van der Waals surface area contributed by atoms with Crippen molar-refractivity contribution in [3.63, 3.8) is 0 Å². The number of nitrogens with zero attached hydrogens (tertiary/aromatic N) is 3. The zero-order valence-electron chi connectivity index (χ0n) is 21.0. The van der Waals surface area contributed by atoms with Crippen molar-refractivity contribution in [3.05, 3.63) is 76.3 Å². The van der Waals surface area contributed by atoms with Gasteiger partial charge < -0.3 is 9.84 Å². The molecule has 1 atom stereocenters. The number of carbonyl (C=O) groups excluding carboxylic acids is 1. The van der Waals surface area contributed by atoms with E-state index in [-0.39, 0.29) is 12.1 Å². The molecule has 0 aliphatic carbocycles. The highest BCUT2D eigenvalue weighted by Gasteiger charge is 2.35. The lowest BCUT2D eigenvalue weighted by Crippen LogP contribution is -2.46. The molecule has 1 aromatic heterocycles. The first-order valence-corrected chi connectivity index (χ1v) is 12.1. The largest absolute Gasteiger partial charge is 0.334 e. The third-order valence-corrected chi connectivity index (χ3v) is 6.67. The Morgan fingerprint density at radius 3 is 2.44 bits per heavy atom. The minimum atomic E-state index is -0.363. The summed E-state index contributed by atoms with van der Waals surface area (Å²) in [6.07, 6.45) is 1.89. The summed E-state index contributed by atoms with van der Waals surface area (Å²) in [6, 6.07) is 14.0. The van der Waals surface area contributed by atoms with Crippen molar-refractivity contribution in [1.82, 2.24) is 20.4 Å². The zero-order chi connectivity index (χ0) is 24.4. The molecule has 4 rings (SSSR count). The summed E-state index contributed by atoms with van der Waals surface area (Å²) in [4.78, 5) is 19.7. The van der Waals surface area contributed by atoms with Gasteiger partial charge in [-0.2, -0.15) is 4.98 Å². The average Bonchev–Trinajstić information content (AvgIpc) is 3.30. The summed E-state index contributed by atoms with van der Waals surface area (Å²) in [5.74, 6) is 1.47. The summed E-state index contributed by atoms with van der Waals surface area (Å²) in [7, 11) is 0. The molecular weight excluding hydrogens is 424 g/mol. The molecule has 2 heterocycles. The van der Waals surface area contributed by atoms with Crippen molar-refractivity contribution in [3.8, 4) is 11.4 Å². The Morgan fingerprint density at radius 2 is 1.79 bits per heavy atom. The molecule has 6 nitrogen and oxygen atoms in total. The summed E-state index contributed by atoms with van der Waals surface area (Å²) in [5.41, 5.74) is 7.25. The summed E-state index contributed by atoms with van der Waals surface area (Å²) >= 11 is 0. The van der Waals surface area contributed by atoms with E-state index in [4.69, 9.17) is 9.51 Å². The van der Waals surface area contributed by atoms with E-state index in [9.17, 15) is 4.79 Å². The lowest BCUT2D eigenvalue weighted by atomic mass is 9.92. The van der Waals surface area contributed by atoms with Crippen molar-refractivity contribution >= 4 is 11.6 Å². The van der Waals surface area contributed by atoms with Crippen LogP contribution in [0.3, 0.4) is 0 Å². The minimum absolute atomic E-state index is 0.0972. The van der Waals surface area contributed by atoms with Gasteiger partial charge in [0.1, 0.15) is 0 Å². The van der Waals surface area contributed by atoms with Gasteiger partial charge in [0.2, 0.25) is 5.82 Å². The monoisotopic (exact) mass is 458 g/mol. The maximum Gasteiger partial charge on any atom is 0.322 e. The molecule has 0 saturated heterocycles. The zero-order valence-corrected chi connectivity index (χ0v) is 21.0. The van der Waals surface area contributed by atoms with Crippen LogP contribution < -0.4 is 5.32 Å². The second-order valence-corrected chi connectivity index (χ2v) is 9.53. The number of nitrogens with one attached hydrogen (secondary N) is 1. The molecule has 2 aromatic carbocycles. The third kappa shape index (κ3) is 4.76. The van der Waals surface area contributed by atoms with Gasteiger partial charge in [0.15, 0.2) is 0 Å². The lowest BCUT2D eigenvalue weighted by Gasteiger charge is -2.35. The fourth-order valence-electron chi connectivity index (χ4n) is 4.25. The van der Waals surface area contributed by atoms with Gasteiger partial charge in [-0.1, -0.05) is 68.4 Å². The Kier molecular flexibility index (Phi) is 6.87. The number of urea groups is 1. The Bertz CT molecular complexity index is 1210. The van der Waals surface area contributed by atoms with E-state index in [0.717, 1.165) is 35.2 Å². The van der Waals surface area contributed by atoms with Gasteiger partial charge in [0.25, 0.3) is 5.89 Å². The first-order valence-electron chi connectivity index (χ1n) is 12.1. The van der Waals surface area contributed by atoms with E-state index < -0.39 is 0 Å². The van der Waals surface area contributed by atoms with Gasteiger partial charge in [-0.15, -0.1) is 0 Å². The number of hydrogen-bond acceptors (Lipinski definition) is 4. The molecule has 1 N–H and O–H groups in total. The molecule has 6 heteroatoms. The fourth-order valence-corrected chi connectivity index (χ4v) is 4.25. The van der Waals surface area contributed by atoms with Gasteiger partial charge in [0, 0.05) is 17.8 Å². The van der Waals surface area contributed by atoms with Crippen LogP contribution in [0.4, 0.5) is 4.79 Å². The van der Waals surface area contributed by atoms with Gasteiger partial charge >= 0.3 is 6.03 Å². The number of amides is 2. The van der Waals surface area contributed by atoms with Crippen LogP contribution in [0.15, 0.2) is 52.7 Å². The minimum Gasteiger partial charge on any atom is -0.334 e. The van der Waals surface area contributed by atoms with Crippen LogP contribution in [0.5, 0.6) is 0 Å². The highest BCUT2D eigenvalue weighted by Crippen LogP contribution is 2.38. The molecule has 0 bridgehead atoms. The topological polar surface area (TPSA) is 71.3 Å². The molecule has 1 aliphatic rings. The smallest absolute Gasteiger partial charge is 0.322 e. The van der Waals surface area contributed by atoms with Crippen molar-refractivity contribution in [1.29, 1.82) is 0 Å². The molecular formula is C28H34N4O2. The molecule has 34 heavy (non-hydrogen) atoms. The SMILES string of the molecule is CCc1ccc(-c2noc(C3=C(C)N(CCC(C)C)C(=O)NC3c3ccc(C)c(C)c3)n2)cc1. The lowest BCUT2D eigenvalue weighted by molar-refractivity contribution is 0.202. The number of aryl methyl sites for hydroxylation is 3. The van der Waals surface area contributed by atoms with E-state index in [2.05, 4.69) is 75.4 Å². The number of aromatic nitrogens is 2. The molecule has 0 radical (unpaired) electrons. The Balaban J connectivity index is 1.78. The predicted octanol–water partition coefficient (Wildman–Crippen LogP) is 6.46. The molecule has 3 aromatic rings. The highest BCUT2D eigenvalue weighted by molar-refractivity contribution is 5.87. The van der Waals surface area contributed by atoms with Crippen LogP contribution in [0, 0.1) is 19.8 Å². The van der Waals surface area contributed by atoms with E-state index >= 15 is 0 Å². The molecule has 0 saturated carbocycles. The summed E-state index contributed by atoms with van der Waals surface area (Å²) in [6.45, 7) is 13.2. The first-order chi connectivity index (χ1) is 16.3. The third-order valence-electron chi connectivity index (χ3n) is 6.67. The van der Waals surface area contributed by atoms with Crippen molar-refractivity contribution < 1.29 is 9.32 Å². The number of hydrogen-bond donors (Lipinski definition) is 1. The van der Waals surface area contributed by atoms with Crippen LogP contribution in [0.2, 0.25) is 0 Å². The fraction of sp³-hybridized carbons (Fsp3) is 0.393. The molecule has 2 amide bonds. The maximum atomic E-state index is 13.1. The Labute approximate surface area is 202 Å². The van der Waals surface area contributed by atoms with Gasteiger partial charge in [0.05, 0.1) is 11.6 Å². The van der Waals surface area contributed by atoms with Crippen LogP contribution in [0.25, 0.3) is 17.0 Å². The van der Waals surface area contributed by atoms with Gasteiger partial charge in [-0.3, -0.25) is 4.90 Å². The summed E-state index contributed by atoms with van der Waals surface area (Å²) < 4.78 is 5.80. The highest BCUT2D eigenvalue weighted by atomic mass is 16.5. The van der Waals surface area contributed by atoms with E-state index in [1.807, 2.05) is 19.1 Å². The molecule has 0 spiro atoms. The number of carbonyl (C=O) groups is 1. The van der Waals surface area contributed by atoms with Crippen LogP contribution in [-0.4, -0.2) is 27.6 Å². The van der Waals surface area contributed by atoms with E-state index in [1.165, 1.54) is 16.7 Å². The quantitative estimate of drug-likeness (QED) is 0.441. The summed E-state index contributed by atoms with van der Waals surface area (Å²) in [5, 5.41) is 7.48. The predicted molar refractivity (Wildman–Crippen MR) is 135 cm³/mol. The molecule has 0 fully saturated rings. The number of benzene rings is 2. The average molecular weight is 459 g/mol.